The van der Waals surface area contributed by atoms with E-state index in [9.17, 15) is 24.5 Å². The van der Waals surface area contributed by atoms with Gasteiger partial charge in [0.15, 0.2) is 0 Å². The van der Waals surface area contributed by atoms with Crippen LogP contribution in [0.3, 0.4) is 0 Å². The Bertz CT molecular complexity index is 1640. The number of amides is 1. The molecule has 0 radical (unpaired) electrons. The van der Waals surface area contributed by atoms with Crippen molar-refractivity contribution < 1.29 is 53.0 Å². The lowest BCUT2D eigenvalue weighted by molar-refractivity contribution is -0.256. The van der Waals surface area contributed by atoms with Crippen molar-refractivity contribution in [2.24, 2.45) is 22.9 Å². The van der Waals surface area contributed by atoms with E-state index in [1.165, 1.54) is 18.1 Å². The Morgan fingerprint density at radius 2 is 1.86 bits per heavy atom. The van der Waals surface area contributed by atoms with Crippen LogP contribution < -0.4 is 9.47 Å². The number of unbranched alkanes of at least 4 members (excludes halogenated alkanes) is 2. The number of oxime groups is 1. The quantitative estimate of drug-likeness (QED) is 0.0502. The van der Waals surface area contributed by atoms with Crippen molar-refractivity contribution >= 4 is 23.4 Å². The fourth-order valence-corrected chi connectivity index (χ4v) is 8.61. The minimum atomic E-state index is -1.50. The Morgan fingerprint density at radius 3 is 2.57 bits per heavy atom. The first kappa shape index (κ1) is 43.4. The van der Waals surface area contributed by atoms with Gasteiger partial charge in [0.05, 0.1) is 43.9 Å². The molecule has 1 heterocycles. The van der Waals surface area contributed by atoms with Gasteiger partial charge in [-0.05, 0) is 67.4 Å². The molecule has 0 aromatic heterocycles. The molecule has 1 aliphatic heterocycles. The summed E-state index contributed by atoms with van der Waals surface area (Å²) in [6.45, 7) is 4.23. The Hall–Kier alpha value is -3.72. The largest absolute Gasteiger partial charge is 0.489 e. The molecule has 0 saturated heterocycles. The van der Waals surface area contributed by atoms with Gasteiger partial charge in [0.1, 0.15) is 43.7 Å². The number of benzene rings is 2. The molecule has 308 valence electrons. The first-order chi connectivity index (χ1) is 27.4. The third-order valence-electron chi connectivity index (χ3n) is 10.8. The Balaban J connectivity index is 1.72. The summed E-state index contributed by atoms with van der Waals surface area (Å²) in [7, 11) is 1.48. The van der Waals surface area contributed by atoms with E-state index in [0.29, 0.717) is 35.6 Å². The summed E-state index contributed by atoms with van der Waals surface area (Å²) >= 11 is 5.97. The Morgan fingerprint density at radius 1 is 1.07 bits per heavy atom. The van der Waals surface area contributed by atoms with Crippen molar-refractivity contribution in [1.29, 1.82) is 0 Å². The molecule has 0 spiro atoms. The number of fused-ring (bicyclic) bond motifs is 2. The number of carbonyl (C=O) groups excluding carboxylic acids is 1. The highest BCUT2D eigenvalue weighted by atomic mass is 35.5. The lowest BCUT2D eigenvalue weighted by Crippen LogP contribution is -2.70. The fraction of sp³-hybridized carbons (Fsp3) is 0.571. The predicted molar refractivity (Wildman–Crippen MR) is 209 cm³/mol. The van der Waals surface area contributed by atoms with Crippen molar-refractivity contribution in [3.8, 4) is 11.5 Å². The van der Waals surface area contributed by atoms with Gasteiger partial charge in [0.2, 0.25) is 5.79 Å². The normalized spacial score (nSPS) is 24.4. The van der Waals surface area contributed by atoms with E-state index in [2.05, 4.69) is 17.8 Å². The first-order valence-electron chi connectivity index (χ1n) is 19.5. The van der Waals surface area contributed by atoms with Gasteiger partial charge in [-0.3, -0.25) is 4.90 Å². The fourth-order valence-electron chi connectivity index (χ4n) is 8.54. The third kappa shape index (κ3) is 10.0. The molecule has 1 amide bonds. The van der Waals surface area contributed by atoms with E-state index in [1.807, 2.05) is 12.1 Å². The van der Waals surface area contributed by atoms with Crippen LogP contribution in [0, 0.1) is 23.6 Å². The zero-order valence-electron chi connectivity index (χ0n) is 32.2. The number of ether oxygens (including phenoxy) is 5. The van der Waals surface area contributed by atoms with Crippen molar-refractivity contribution in [1.82, 2.24) is 4.90 Å². The van der Waals surface area contributed by atoms with E-state index in [1.54, 1.807) is 30.3 Å². The summed E-state index contributed by atoms with van der Waals surface area (Å²) in [4.78, 5) is 21.1. The number of aliphatic hydroxyl groups is 3. The molecule has 5 rings (SSSR count). The Kier molecular flexibility index (Phi) is 16.8. The molecule has 1 fully saturated rings. The van der Waals surface area contributed by atoms with Gasteiger partial charge in [-0.1, -0.05) is 48.3 Å². The van der Waals surface area contributed by atoms with Gasteiger partial charge >= 0.3 is 6.09 Å². The molecule has 0 bridgehead atoms. The summed E-state index contributed by atoms with van der Waals surface area (Å²) < 4.78 is 46.2. The number of allylic oxidation sites excluding steroid dienone is 1. The van der Waals surface area contributed by atoms with Crippen LogP contribution in [0.2, 0.25) is 0 Å². The van der Waals surface area contributed by atoms with E-state index >= 15 is 0 Å². The van der Waals surface area contributed by atoms with Gasteiger partial charge in [0, 0.05) is 43.2 Å². The topological polar surface area (TPSA) is 149 Å². The van der Waals surface area contributed by atoms with E-state index < -0.39 is 23.8 Å². The van der Waals surface area contributed by atoms with Gasteiger partial charge in [-0.25, -0.2) is 9.18 Å². The number of carbonyl (C=O) groups is 1. The van der Waals surface area contributed by atoms with Crippen LogP contribution in [-0.4, -0.2) is 110 Å². The second-order valence-electron chi connectivity index (χ2n) is 14.2. The van der Waals surface area contributed by atoms with Gasteiger partial charge in [-0.2, -0.15) is 0 Å². The van der Waals surface area contributed by atoms with Crippen LogP contribution in [-0.2, 0) is 25.7 Å². The summed E-state index contributed by atoms with van der Waals surface area (Å²) in [6.07, 6.45) is 7.78. The summed E-state index contributed by atoms with van der Waals surface area (Å²) in [5.74, 6) is -1.48. The maximum atomic E-state index is 14.6. The molecular weight excluding hydrogens is 747 g/mol. The number of hydrogen-bond acceptors (Lipinski definition) is 11. The number of nitrogens with zero attached hydrogens (tertiary/aromatic N) is 2. The number of halogens is 2. The molecule has 2 aliphatic carbocycles. The molecule has 14 heteroatoms. The number of alkyl halides is 1. The van der Waals surface area contributed by atoms with Crippen molar-refractivity contribution in [3.63, 3.8) is 0 Å². The summed E-state index contributed by atoms with van der Waals surface area (Å²) in [5, 5.41) is 33.6. The van der Waals surface area contributed by atoms with Crippen LogP contribution in [0.25, 0.3) is 0 Å². The minimum Gasteiger partial charge on any atom is -0.489 e. The predicted octanol–water partition coefficient (Wildman–Crippen LogP) is 6.35. The molecule has 56 heavy (non-hydrogen) atoms. The highest BCUT2D eigenvalue weighted by Gasteiger charge is 2.65. The first-order valence-corrected chi connectivity index (χ1v) is 20.1. The van der Waals surface area contributed by atoms with Crippen LogP contribution >= 0.6 is 11.6 Å². The lowest BCUT2D eigenvalue weighted by Gasteiger charge is -2.59. The van der Waals surface area contributed by atoms with Crippen molar-refractivity contribution in [2.75, 3.05) is 65.8 Å². The van der Waals surface area contributed by atoms with Crippen molar-refractivity contribution in [3.05, 3.63) is 83.7 Å². The van der Waals surface area contributed by atoms with Crippen LogP contribution in [0.5, 0.6) is 11.5 Å². The van der Waals surface area contributed by atoms with Crippen molar-refractivity contribution in [2.45, 2.75) is 69.3 Å². The van der Waals surface area contributed by atoms with Gasteiger partial charge in [-0.15, -0.1) is 18.2 Å². The summed E-state index contributed by atoms with van der Waals surface area (Å²) in [6, 6.07) is 11.2. The van der Waals surface area contributed by atoms with E-state index in [0.717, 1.165) is 36.8 Å². The zero-order valence-corrected chi connectivity index (χ0v) is 32.9. The van der Waals surface area contributed by atoms with E-state index in [-0.39, 0.29) is 95.3 Å². The smallest absolute Gasteiger partial charge is 0.410 e. The number of rotatable bonds is 23. The van der Waals surface area contributed by atoms with Crippen LogP contribution in [0.1, 0.15) is 62.0 Å². The molecule has 6 atom stereocenters. The van der Waals surface area contributed by atoms with Gasteiger partial charge in [0.25, 0.3) is 0 Å². The van der Waals surface area contributed by atoms with Crippen LogP contribution in [0.4, 0.5) is 9.18 Å². The average molecular weight is 803 g/mol. The molecule has 6 unspecified atom stereocenters. The molecular formula is C42H56ClFN2O10. The second-order valence-corrected chi connectivity index (χ2v) is 14.5. The second kappa shape index (κ2) is 21.7. The SMILES string of the molecule is C=CCOC12Oc3ccc(OCc4ccccc4F)cc3C3C(CCCCO)C(CCCCO)C=C(C(=NOC)CC1N(CCOCCO)C(=O)OCCCl)C32. The number of hydrogen-bond donors (Lipinski definition) is 3. The monoisotopic (exact) mass is 802 g/mol. The maximum Gasteiger partial charge on any atom is 0.410 e. The molecule has 1 saturated carbocycles. The zero-order chi connectivity index (χ0) is 39.9. The molecule has 3 aliphatic rings. The summed E-state index contributed by atoms with van der Waals surface area (Å²) in [5.41, 5.74) is 2.78. The third-order valence-corrected chi connectivity index (χ3v) is 11.0. The minimum absolute atomic E-state index is 0.00255. The Labute approximate surface area is 333 Å². The average Bonchev–Trinajstić information content (AvgIpc) is 3.21. The highest BCUT2D eigenvalue weighted by molar-refractivity contribution is 6.18. The van der Waals surface area contributed by atoms with Gasteiger partial charge < -0.3 is 43.8 Å². The molecule has 3 N–H and O–H groups in total. The van der Waals surface area contributed by atoms with E-state index in [4.69, 9.17) is 40.1 Å². The van der Waals surface area contributed by atoms with Crippen LogP contribution in [0.15, 0.2) is 71.9 Å². The molecule has 2 aromatic carbocycles. The number of aliphatic hydroxyl groups excluding tert-OH is 3. The standard InChI is InChI=1S/C42H56ClFN2O10/c1-3-21-55-42-38(46(17-23-52-24-20-49)41(50)53-22-16-43)27-36(45-51-2)33-25-29(10-6-8-18-47)32(12-7-9-19-48)39(40(33)42)34-26-31(14-15-37(34)56-42)54-28-30-11-4-5-13-35(30)44/h3-5,11,13-15,25-26,29,32,38-40,47-49H,1,6-10,12,16-24,27-28H2,2H3. The highest BCUT2D eigenvalue weighted by Crippen LogP contribution is 2.62. The lowest BCUT2D eigenvalue weighted by atomic mass is 9.55. The maximum absolute atomic E-state index is 14.6. The molecule has 12 nitrogen and oxygen atoms in total. The molecule has 2 aromatic rings.